The summed E-state index contributed by atoms with van der Waals surface area (Å²) in [6.07, 6.45) is 0. The largest absolute Gasteiger partial charge is 0.386 e. The summed E-state index contributed by atoms with van der Waals surface area (Å²) in [7, 11) is 0. The minimum atomic E-state index is -0.647. The van der Waals surface area contributed by atoms with E-state index < -0.39 is 23.9 Å². The first-order valence-electron chi connectivity index (χ1n) is 11.3. The van der Waals surface area contributed by atoms with Gasteiger partial charge in [0.1, 0.15) is 0 Å². The van der Waals surface area contributed by atoms with Crippen molar-refractivity contribution in [3.63, 3.8) is 0 Å². The van der Waals surface area contributed by atoms with E-state index in [1.54, 1.807) is 60.7 Å². The van der Waals surface area contributed by atoms with Gasteiger partial charge in [0.25, 0.3) is 0 Å². The predicted molar refractivity (Wildman–Crippen MR) is 137 cm³/mol. The Morgan fingerprint density at radius 2 is 0.789 bits per heavy atom. The van der Waals surface area contributed by atoms with Crippen LogP contribution in [-0.2, 0) is 9.47 Å². The van der Waals surface area contributed by atoms with Crippen LogP contribution in [0, 0.1) is 0 Å². The second-order valence-electron chi connectivity index (χ2n) is 8.35. The number of cyclic esters (lactones) is 4. The van der Waals surface area contributed by atoms with Crippen LogP contribution in [0.1, 0.15) is 57.4 Å². The number of rotatable bonds is 6. The number of esters is 4. The first kappa shape index (κ1) is 23.9. The Morgan fingerprint density at radius 1 is 0.447 bits per heavy atom. The lowest BCUT2D eigenvalue weighted by Crippen LogP contribution is -2.00. The maximum atomic E-state index is 13.0. The molecule has 2 aliphatic rings. The molecular weight excluding hydrogens is 524 g/mol. The highest BCUT2D eigenvalue weighted by molar-refractivity contribution is 7.99. The first-order chi connectivity index (χ1) is 18.4. The van der Waals surface area contributed by atoms with Crippen molar-refractivity contribution >= 4 is 53.2 Å². The van der Waals surface area contributed by atoms with E-state index in [9.17, 15) is 24.0 Å². The van der Waals surface area contributed by atoms with E-state index in [1.807, 2.05) is 24.3 Å². The Bertz CT molecular complexity index is 1560. The standard InChI is InChI=1S/C29H14O7S2/c30-25(15-1-5-17(6-2-15)37-19-9-11-21-23(13-19)28(33)35-26(21)31)16-3-7-18(8-4-16)38-20-10-12-22-24(14-20)29(34)36-27(22)32/h1-14H. The van der Waals surface area contributed by atoms with E-state index >= 15 is 0 Å². The molecule has 184 valence electrons. The maximum absolute atomic E-state index is 13.0. The molecule has 0 bridgehead atoms. The Kier molecular flexibility index (Phi) is 5.94. The van der Waals surface area contributed by atoms with E-state index in [0.29, 0.717) is 11.1 Å². The molecule has 0 spiro atoms. The van der Waals surface area contributed by atoms with Crippen molar-refractivity contribution in [2.45, 2.75) is 19.6 Å². The average Bonchev–Trinajstić information content (AvgIpc) is 3.37. The summed E-state index contributed by atoms with van der Waals surface area (Å²) in [5, 5.41) is 0. The van der Waals surface area contributed by atoms with Crippen LogP contribution in [-0.4, -0.2) is 29.7 Å². The molecule has 0 radical (unpaired) electrons. The minimum absolute atomic E-state index is 0.129. The topological polar surface area (TPSA) is 104 Å². The number of benzene rings is 4. The molecule has 0 atom stereocenters. The van der Waals surface area contributed by atoms with Gasteiger partial charge in [-0.1, -0.05) is 23.5 Å². The van der Waals surface area contributed by atoms with Crippen molar-refractivity contribution in [3.8, 4) is 0 Å². The number of fused-ring (bicyclic) bond motifs is 2. The first-order valence-corrected chi connectivity index (χ1v) is 12.9. The van der Waals surface area contributed by atoms with Crippen LogP contribution in [0.4, 0.5) is 0 Å². The summed E-state index contributed by atoms with van der Waals surface area (Å²) in [5.74, 6) is -2.69. The Labute approximate surface area is 224 Å². The molecule has 6 rings (SSSR count). The highest BCUT2D eigenvalue weighted by atomic mass is 32.2. The predicted octanol–water partition coefficient (Wildman–Crippen LogP) is 5.84. The van der Waals surface area contributed by atoms with Gasteiger partial charge in [-0.05, 0) is 84.9 Å². The summed E-state index contributed by atoms with van der Waals surface area (Å²) < 4.78 is 9.25. The maximum Gasteiger partial charge on any atom is 0.346 e. The van der Waals surface area contributed by atoms with Crippen LogP contribution >= 0.6 is 23.5 Å². The van der Waals surface area contributed by atoms with Gasteiger partial charge in [0, 0.05) is 30.7 Å². The van der Waals surface area contributed by atoms with Crippen molar-refractivity contribution < 1.29 is 33.4 Å². The number of ketones is 1. The van der Waals surface area contributed by atoms with E-state index in [2.05, 4.69) is 9.47 Å². The fraction of sp³-hybridized carbons (Fsp3) is 0. The van der Waals surface area contributed by atoms with Crippen molar-refractivity contribution in [1.82, 2.24) is 0 Å². The second-order valence-corrected chi connectivity index (χ2v) is 10.6. The molecule has 0 amide bonds. The van der Waals surface area contributed by atoms with Gasteiger partial charge in [-0.25, -0.2) is 19.2 Å². The fourth-order valence-electron chi connectivity index (χ4n) is 4.04. The van der Waals surface area contributed by atoms with E-state index in [-0.39, 0.29) is 28.0 Å². The number of carbonyl (C=O) groups is 5. The molecule has 0 saturated heterocycles. The Morgan fingerprint density at radius 3 is 1.18 bits per heavy atom. The van der Waals surface area contributed by atoms with Crippen LogP contribution in [0.5, 0.6) is 0 Å². The SMILES string of the molecule is O=C(c1ccc(Sc2ccc3c(c2)C(=O)OC3=O)cc1)c1ccc(Sc2ccc3c(c2)C(=O)OC3=O)cc1. The number of carbonyl (C=O) groups excluding carboxylic acids is 5. The third-order valence-electron chi connectivity index (χ3n) is 5.94. The summed E-state index contributed by atoms with van der Waals surface area (Å²) in [6.45, 7) is 0. The van der Waals surface area contributed by atoms with Crippen LogP contribution in [0.15, 0.2) is 105 Å². The van der Waals surface area contributed by atoms with Crippen molar-refractivity contribution in [2.75, 3.05) is 0 Å². The molecule has 4 aromatic rings. The third kappa shape index (κ3) is 4.42. The number of hydrogen-bond acceptors (Lipinski definition) is 9. The zero-order chi connectivity index (χ0) is 26.4. The quantitative estimate of drug-likeness (QED) is 0.170. The summed E-state index contributed by atoms with van der Waals surface area (Å²) in [6, 6.07) is 24.1. The highest BCUT2D eigenvalue weighted by Gasteiger charge is 2.30. The molecule has 2 aliphatic heterocycles. The van der Waals surface area contributed by atoms with Gasteiger partial charge >= 0.3 is 23.9 Å². The van der Waals surface area contributed by atoms with Gasteiger partial charge in [0.2, 0.25) is 0 Å². The molecular formula is C29H14O7S2. The number of hydrogen-bond donors (Lipinski definition) is 0. The molecule has 7 nitrogen and oxygen atoms in total. The minimum Gasteiger partial charge on any atom is -0.386 e. The van der Waals surface area contributed by atoms with Crippen molar-refractivity contribution in [1.29, 1.82) is 0 Å². The van der Waals surface area contributed by atoms with Crippen LogP contribution < -0.4 is 0 Å². The molecule has 0 aliphatic carbocycles. The molecule has 0 saturated carbocycles. The fourth-order valence-corrected chi connectivity index (χ4v) is 5.76. The third-order valence-corrected chi connectivity index (χ3v) is 7.93. The monoisotopic (exact) mass is 538 g/mol. The smallest absolute Gasteiger partial charge is 0.346 e. The number of ether oxygens (including phenoxy) is 2. The lowest BCUT2D eigenvalue weighted by Gasteiger charge is -2.06. The Hall–Kier alpha value is -4.47. The van der Waals surface area contributed by atoms with Gasteiger partial charge in [-0.15, -0.1) is 0 Å². The molecule has 2 heterocycles. The van der Waals surface area contributed by atoms with E-state index in [0.717, 1.165) is 19.6 Å². The summed E-state index contributed by atoms with van der Waals surface area (Å²) >= 11 is 2.81. The molecule has 0 fully saturated rings. The van der Waals surface area contributed by atoms with Crippen LogP contribution in [0.2, 0.25) is 0 Å². The lowest BCUT2D eigenvalue weighted by atomic mass is 10.0. The van der Waals surface area contributed by atoms with Gasteiger partial charge in [-0.3, -0.25) is 4.79 Å². The molecule has 9 heteroatoms. The van der Waals surface area contributed by atoms with Gasteiger partial charge < -0.3 is 9.47 Å². The summed E-state index contributed by atoms with van der Waals surface area (Å²) in [4.78, 5) is 63.1. The molecule has 38 heavy (non-hydrogen) atoms. The molecule has 0 aromatic heterocycles. The second kappa shape index (κ2) is 9.44. The average molecular weight is 539 g/mol. The van der Waals surface area contributed by atoms with Crippen LogP contribution in [0.3, 0.4) is 0 Å². The zero-order valence-electron chi connectivity index (χ0n) is 19.3. The van der Waals surface area contributed by atoms with Crippen molar-refractivity contribution in [3.05, 3.63) is 118 Å². The normalized spacial score (nSPS) is 13.7. The molecule has 0 unspecified atom stereocenters. The molecule has 4 aromatic carbocycles. The molecule has 0 N–H and O–H groups in total. The Balaban J connectivity index is 1.12. The zero-order valence-corrected chi connectivity index (χ0v) is 20.9. The van der Waals surface area contributed by atoms with Gasteiger partial charge in [0.05, 0.1) is 22.3 Å². The lowest BCUT2D eigenvalue weighted by molar-refractivity contribution is 0.0425. The van der Waals surface area contributed by atoms with E-state index in [4.69, 9.17) is 0 Å². The van der Waals surface area contributed by atoms with Crippen LogP contribution in [0.25, 0.3) is 0 Å². The summed E-state index contributed by atoms with van der Waals surface area (Å²) in [5.41, 5.74) is 2.08. The highest BCUT2D eigenvalue weighted by Crippen LogP contribution is 2.33. The van der Waals surface area contributed by atoms with Crippen molar-refractivity contribution in [2.24, 2.45) is 0 Å². The van der Waals surface area contributed by atoms with Gasteiger partial charge in [-0.2, -0.15) is 0 Å². The van der Waals surface area contributed by atoms with Gasteiger partial charge in [0.15, 0.2) is 5.78 Å². The van der Waals surface area contributed by atoms with E-state index in [1.165, 1.54) is 23.5 Å².